The lowest BCUT2D eigenvalue weighted by molar-refractivity contribution is 0.853. The molecule has 1 aliphatic carbocycles. The molecule has 6 nitrogen and oxygen atoms in total. The Hall–Kier alpha value is -1.85. The summed E-state index contributed by atoms with van der Waals surface area (Å²) >= 11 is 0. The number of anilines is 1. The zero-order valence-electron chi connectivity index (χ0n) is 9.73. The minimum atomic E-state index is -0.242. The first-order chi connectivity index (χ1) is 8.28. The van der Waals surface area contributed by atoms with Crippen molar-refractivity contribution in [3.05, 3.63) is 22.2 Å². The van der Waals surface area contributed by atoms with Gasteiger partial charge in [-0.05, 0) is 25.2 Å². The first kappa shape index (κ1) is 10.3. The maximum absolute atomic E-state index is 11.6. The molecule has 3 rings (SSSR count). The molecule has 6 heteroatoms. The van der Waals surface area contributed by atoms with Gasteiger partial charge in [-0.25, -0.2) is 19.3 Å². The van der Waals surface area contributed by atoms with Crippen LogP contribution in [-0.2, 0) is 6.42 Å². The van der Waals surface area contributed by atoms with Crippen LogP contribution >= 0.6 is 0 Å². The molecular weight excluding hydrogens is 218 g/mol. The predicted molar refractivity (Wildman–Crippen MR) is 64.2 cm³/mol. The number of fused-ring (bicyclic) bond motifs is 1. The minimum Gasteiger partial charge on any atom is -0.355 e. The molecule has 1 saturated carbocycles. The summed E-state index contributed by atoms with van der Waals surface area (Å²) < 4.78 is 1.49. The summed E-state index contributed by atoms with van der Waals surface area (Å²) in [6, 6.07) is 1.83. The monoisotopic (exact) mass is 233 g/mol. The van der Waals surface area contributed by atoms with Gasteiger partial charge in [0.1, 0.15) is 0 Å². The number of aromatic nitrogens is 4. The molecule has 1 fully saturated rings. The van der Waals surface area contributed by atoms with Crippen LogP contribution in [0, 0.1) is 5.92 Å². The molecule has 0 radical (unpaired) electrons. The molecule has 2 aromatic heterocycles. The third-order valence-electron chi connectivity index (χ3n) is 3.06. The smallest absolute Gasteiger partial charge is 0.350 e. The van der Waals surface area contributed by atoms with E-state index in [9.17, 15) is 4.79 Å². The van der Waals surface area contributed by atoms with Crippen molar-refractivity contribution >= 4 is 11.6 Å². The molecule has 0 bridgehead atoms. The highest BCUT2D eigenvalue weighted by molar-refractivity contribution is 5.46. The molecule has 0 saturated heterocycles. The SMILES string of the molecule is CCc1cc2n[nH]c(=O)n2c(NCC2CC2)n1. The van der Waals surface area contributed by atoms with Gasteiger partial charge in [0.2, 0.25) is 5.95 Å². The van der Waals surface area contributed by atoms with Gasteiger partial charge in [0, 0.05) is 18.3 Å². The van der Waals surface area contributed by atoms with Crippen molar-refractivity contribution in [1.29, 1.82) is 0 Å². The van der Waals surface area contributed by atoms with E-state index in [-0.39, 0.29) is 5.69 Å². The molecule has 0 aliphatic heterocycles. The Morgan fingerprint density at radius 1 is 1.59 bits per heavy atom. The molecule has 2 aromatic rings. The fraction of sp³-hybridized carbons (Fsp3) is 0.545. The summed E-state index contributed by atoms with van der Waals surface area (Å²) in [6.07, 6.45) is 3.36. The van der Waals surface area contributed by atoms with Crippen LogP contribution in [0.1, 0.15) is 25.5 Å². The molecule has 17 heavy (non-hydrogen) atoms. The van der Waals surface area contributed by atoms with E-state index in [0.29, 0.717) is 11.6 Å². The second-order valence-corrected chi connectivity index (χ2v) is 4.47. The molecule has 0 atom stereocenters. The zero-order valence-corrected chi connectivity index (χ0v) is 9.73. The third-order valence-corrected chi connectivity index (χ3v) is 3.06. The van der Waals surface area contributed by atoms with Crippen LogP contribution in [-0.4, -0.2) is 26.1 Å². The third kappa shape index (κ3) is 1.90. The van der Waals surface area contributed by atoms with Gasteiger partial charge in [0.15, 0.2) is 5.65 Å². The highest BCUT2D eigenvalue weighted by atomic mass is 16.1. The lowest BCUT2D eigenvalue weighted by atomic mass is 10.3. The van der Waals surface area contributed by atoms with Crippen molar-refractivity contribution in [2.45, 2.75) is 26.2 Å². The van der Waals surface area contributed by atoms with Crippen LogP contribution < -0.4 is 11.0 Å². The largest absolute Gasteiger partial charge is 0.355 e. The second kappa shape index (κ2) is 3.87. The Morgan fingerprint density at radius 3 is 3.12 bits per heavy atom. The Balaban J connectivity index is 2.04. The van der Waals surface area contributed by atoms with Crippen LogP contribution in [0.25, 0.3) is 5.65 Å². The van der Waals surface area contributed by atoms with Crippen LogP contribution in [0.5, 0.6) is 0 Å². The van der Waals surface area contributed by atoms with Crippen molar-refractivity contribution in [1.82, 2.24) is 19.6 Å². The molecule has 0 amide bonds. The maximum Gasteiger partial charge on any atom is 0.350 e. The second-order valence-electron chi connectivity index (χ2n) is 4.47. The number of rotatable bonds is 4. The summed E-state index contributed by atoms with van der Waals surface area (Å²) in [5, 5.41) is 9.67. The van der Waals surface area contributed by atoms with Crippen molar-refractivity contribution in [2.24, 2.45) is 5.92 Å². The van der Waals surface area contributed by atoms with Crippen molar-refractivity contribution in [3.8, 4) is 0 Å². The number of aromatic amines is 1. The van der Waals surface area contributed by atoms with E-state index in [1.54, 1.807) is 0 Å². The van der Waals surface area contributed by atoms with Crippen LogP contribution in [0.2, 0.25) is 0 Å². The molecule has 0 aromatic carbocycles. The average molecular weight is 233 g/mol. The number of H-pyrrole nitrogens is 1. The van der Waals surface area contributed by atoms with Crippen LogP contribution in [0.3, 0.4) is 0 Å². The fourth-order valence-electron chi connectivity index (χ4n) is 1.84. The molecule has 0 spiro atoms. The highest BCUT2D eigenvalue weighted by Gasteiger charge is 2.21. The minimum absolute atomic E-state index is 0.242. The standard InChI is InChI=1S/C11H15N5O/c1-2-8-5-9-14-15-11(17)16(9)10(13-8)12-6-7-3-4-7/h5,7H,2-4,6H2,1H3,(H,12,13)(H,15,17). The Labute approximate surface area is 98.1 Å². The number of hydrogen-bond donors (Lipinski definition) is 2. The molecule has 0 unspecified atom stereocenters. The van der Waals surface area contributed by atoms with E-state index in [2.05, 4.69) is 20.5 Å². The summed E-state index contributed by atoms with van der Waals surface area (Å²) in [5.41, 5.74) is 1.32. The van der Waals surface area contributed by atoms with E-state index < -0.39 is 0 Å². The number of nitrogens with one attached hydrogen (secondary N) is 2. The van der Waals surface area contributed by atoms with E-state index in [0.717, 1.165) is 24.6 Å². The highest BCUT2D eigenvalue weighted by Crippen LogP contribution is 2.28. The molecule has 2 heterocycles. The lowest BCUT2D eigenvalue weighted by Gasteiger charge is -2.07. The molecular formula is C11H15N5O. The first-order valence-corrected chi connectivity index (χ1v) is 5.99. The summed E-state index contributed by atoms with van der Waals surface area (Å²) in [5.74, 6) is 1.34. The molecule has 90 valence electrons. The fourth-order valence-corrected chi connectivity index (χ4v) is 1.84. The van der Waals surface area contributed by atoms with Crippen molar-refractivity contribution in [3.63, 3.8) is 0 Å². The van der Waals surface area contributed by atoms with Gasteiger partial charge in [-0.3, -0.25) is 0 Å². The van der Waals surface area contributed by atoms with Crippen LogP contribution in [0.15, 0.2) is 10.9 Å². The van der Waals surface area contributed by atoms with Gasteiger partial charge < -0.3 is 5.32 Å². The van der Waals surface area contributed by atoms with E-state index in [1.807, 2.05) is 13.0 Å². The van der Waals surface area contributed by atoms with Gasteiger partial charge in [-0.2, -0.15) is 5.10 Å². The average Bonchev–Trinajstić information content (AvgIpc) is 3.10. The van der Waals surface area contributed by atoms with Gasteiger partial charge in [-0.15, -0.1) is 0 Å². The van der Waals surface area contributed by atoms with Crippen molar-refractivity contribution < 1.29 is 0 Å². The quantitative estimate of drug-likeness (QED) is 0.819. The first-order valence-electron chi connectivity index (χ1n) is 5.99. The van der Waals surface area contributed by atoms with E-state index in [1.165, 1.54) is 17.2 Å². The topological polar surface area (TPSA) is 75.1 Å². The van der Waals surface area contributed by atoms with Gasteiger partial charge in [0.05, 0.1) is 0 Å². The summed E-state index contributed by atoms with van der Waals surface area (Å²) in [6.45, 7) is 2.92. The van der Waals surface area contributed by atoms with Gasteiger partial charge in [0.25, 0.3) is 0 Å². The van der Waals surface area contributed by atoms with Crippen LogP contribution in [0.4, 0.5) is 5.95 Å². The summed E-state index contributed by atoms with van der Waals surface area (Å²) in [7, 11) is 0. The van der Waals surface area contributed by atoms with E-state index in [4.69, 9.17) is 0 Å². The molecule has 2 N–H and O–H groups in total. The number of nitrogens with zero attached hydrogens (tertiary/aromatic N) is 3. The van der Waals surface area contributed by atoms with Gasteiger partial charge >= 0.3 is 5.69 Å². The lowest BCUT2D eigenvalue weighted by Crippen LogP contribution is -2.18. The normalized spacial score (nSPS) is 15.4. The van der Waals surface area contributed by atoms with Crippen molar-refractivity contribution in [2.75, 3.05) is 11.9 Å². The number of hydrogen-bond acceptors (Lipinski definition) is 4. The van der Waals surface area contributed by atoms with Gasteiger partial charge in [-0.1, -0.05) is 6.92 Å². The Bertz CT molecular complexity index is 595. The summed E-state index contributed by atoms with van der Waals surface area (Å²) in [4.78, 5) is 16.1. The maximum atomic E-state index is 11.6. The number of aryl methyl sites for hydroxylation is 1. The Morgan fingerprint density at radius 2 is 2.41 bits per heavy atom. The predicted octanol–water partition coefficient (Wildman–Crippen LogP) is 0.802. The molecule has 1 aliphatic rings. The van der Waals surface area contributed by atoms with E-state index >= 15 is 0 Å². The Kier molecular flexibility index (Phi) is 2.35. The zero-order chi connectivity index (χ0) is 11.8.